The van der Waals surface area contributed by atoms with Gasteiger partial charge in [-0.05, 0) is 79.9 Å². The van der Waals surface area contributed by atoms with Gasteiger partial charge in [0.2, 0.25) is 0 Å². The van der Waals surface area contributed by atoms with E-state index >= 15 is 0 Å². The van der Waals surface area contributed by atoms with Gasteiger partial charge in [-0.25, -0.2) is 14.8 Å². The van der Waals surface area contributed by atoms with E-state index in [4.69, 9.17) is 11.6 Å². The summed E-state index contributed by atoms with van der Waals surface area (Å²) in [6, 6.07) is 17.3. The van der Waals surface area contributed by atoms with Gasteiger partial charge in [-0.1, -0.05) is 29.8 Å². The maximum atomic E-state index is 13.0. The van der Waals surface area contributed by atoms with Gasteiger partial charge in [0.15, 0.2) is 0 Å². The first kappa shape index (κ1) is 22.9. The lowest BCUT2D eigenvalue weighted by atomic mass is 9.98. The Morgan fingerprint density at radius 2 is 1.82 bits per heavy atom. The fourth-order valence-corrected chi connectivity index (χ4v) is 3.88. The third-order valence-corrected chi connectivity index (χ3v) is 5.93. The Labute approximate surface area is 197 Å². The zero-order valence-electron chi connectivity index (χ0n) is 18.0. The minimum absolute atomic E-state index is 0.270. The van der Waals surface area contributed by atoms with E-state index in [1.165, 1.54) is 12.1 Å². The zero-order chi connectivity index (χ0) is 23.0. The van der Waals surface area contributed by atoms with Gasteiger partial charge in [0, 0.05) is 23.5 Å². The molecule has 1 saturated heterocycles. The second-order valence-corrected chi connectivity index (χ2v) is 8.40. The fourth-order valence-electron chi connectivity index (χ4n) is 3.69. The van der Waals surface area contributed by atoms with Crippen LogP contribution in [0.2, 0.25) is 5.02 Å². The van der Waals surface area contributed by atoms with Crippen molar-refractivity contribution in [3.05, 3.63) is 89.0 Å². The highest BCUT2D eigenvalue weighted by Crippen LogP contribution is 2.21. The topological polar surface area (TPSA) is 69.6 Å². The van der Waals surface area contributed by atoms with Gasteiger partial charge in [-0.2, -0.15) is 5.10 Å². The van der Waals surface area contributed by atoms with Gasteiger partial charge in [0.1, 0.15) is 11.5 Å². The van der Waals surface area contributed by atoms with Crippen LogP contribution in [0.15, 0.2) is 72.0 Å². The van der Waals surface area contributed by atoms with Crippen LogP contribution in [0.1, 0.15) is 28.9 Å². The van der Waals surface area contributed by atoms with E-state index in [0.29, 0.717) is 11.6 Å². The number of benzene rings is 2. The summed E-state index contributed by atoms with van der Waals surface area (Å²) in [7, 11) is 0. The molecule has 0 spiro atoms. The Hall–Kier alpha value is -3.29. The summed E-state index contributed by atoms with van der Waals surface area (Å²) in [6.45, 7) is 2.76. The van der Waals surface area contributed by atoms with Crippen LogP contribution < -0.4 is 10.7 Å². The Bertz CT molecular complexity index is 1100. The van der Waals surface area contributed by atoms with Crippen LogP contribution in [-0.2, 0) is 6.54 Å². The lowest BCUT2D eigenvalue weighted by Crippen LogP contribution is -2.34. The highest BCUT2D eigenvalue weighted by molar-refractivity contribution is 6.31. The molecule has 1 aromatic heterocycles. The van der Waals surface area contributed by atoms with Crippen molar-refractivity contribution in [1.29, 1.82) is 0 Å². The van der Waals surface area contributed by atoms with Crippen molar-refractivity contribution in [3.63, 3.8) is 0 Å². The lowest BCUT2D eigenvalue weighted by Gasteiger charge is -2.30. The van der Waals surface area contributed by atoms with Crippen LogP contribution in [0.5, 0.6) is 0 Å². The number of hydrogen-bond donors (Lipinski definition) is 2. The lowest BCUT2D eigenvalue weighted by molar-refractivity contribution is 0.0950. The molecule has 1 aliphatic heterocycles. The molecule has 2 N–H and O–H groups in total. The highest BCUT2D eigenvalue weighted by atomic mass is 35.5. The number of carbonyl (C=O) groups excluding carboxylic acids is 1. The number of amides is 1. The summed E-state index contributed by atoms with van der Waals surface area (Å²) >= 11 is 6.26. The molecular formula is C25H25ClFN5O. The maximum absolute atomic E-state index is 13.0. The number of nitrogens with one attached hydrogen (secondary N) is 2. The van der Waals surface area contributed by atoms with Gasteiger partial charge in [0.05, 0.1) is 11.9 Å². The van der Waals surface area contributed by atoms with Crippen LogP contribution in [0.3, 0.4) is 0 Å². The summed E-state index contributed by atoms with van der Waals surface area (Å²) in [6.07, 6.45) is 5.32. The summed E-state index contributed by atoms with van der Waals surface area (Å²) < 4.78 is 13.0. The van der Waals surface area contributed by atoms with E-state index in [1.807, 2.05) is 24.4 Å². The minimum Gasteiger partial charge on any atom is -0.354 e. The molecule has 0 aliphatic carbocycles. The molecule has 0 atom stereocenters. The zero-order valence-corrected chi connectivity index (χ0v) is 18.8. The molecule has 170 valence electrons. The van der Waals surface area contributed by atoms with Gasteiger partial charge < -0.3 is 5.32 Å². The van der Waals surface area contributed by atoms with Crippen molar-refractivity contribution >= 4 is 35.1 Å². The van der Waals surface area contributed by atoms with Crippen molar-refractivity contribution in [1.82, 2.24) is 15.3 Å². The largest absolute Gasteiger partial charge is 0.354 e. The number of pyridine rings is 1. The van der Waals surface area contributed by atoms with Crippen molar-refractivity contribution < 1.29 is 9.18 Å². The number of anilines is 2. The molecule has 33 heavy (non-hydrogen) atoms. The number of hydrogen-bond acceptors (Lipinski definition) is 5. The van der Waals surface area contributed by atoms with E-state index in [-0.39, 0.29) is 17.4 Å². The summed E-state index contributed by atoms with van der Waals surface area (Å²) in [4.78, 5) is 18.9. The second-order valence-electron chi connectivity index (χ2n) is 7.99. The first-order valence-corrected chi connectivity index (χ1v) is 11.2. The fraction of sp³-hybridized carbons (Fsp3) is 0.240. The number of halogens is 2. The van der Waals surface area contributed by atoms with Gasteiger partial charge in [-0.3, -0.25) is 9.69 Å². The molecule has 1 amide bonds. The predicted octanol–water partition coefficient (Wildman–Crippen LogP) is 5.25. The van der Waals surface area contributed by atoms with Crippen molar-refractivity contribution in [2.75, 3.05) is 18.4 Å². The van der Waals surface area contributed by atoms with E-state index < -0.39 is 0 Å². The average molecular weight is 466 g/mol. The molecule has 8 heteroatoms. The Balaban J connectivity index is 1.21. The van der Waals surface area contributed by atoms with Crippen molar-refractivity contribution in [2.24, 2.45) is 11.0 Å². The van der Waals surface area contributed by atoms with Crippen LogP contribution in [0.25, 0.3) is 0 Å². The average Bonchev–Trinajstić information content (AvgIpc) is 2.83. The van der Waals surface area contributed by atoms with Crippen LogP contribution in [0, 0.1) is 11.7 Å². The molecule has 3 aromatic rings. The molecule has 0 unspecified atom stereocenters. The van der Waals surface area contributed by atoms with Gasteiger partial charge in [0.25, 0.3) is 5.91 Å². The third kappa shape index (κ3) is 6.60. The highest BCUT2D eigenvalue weighted by Gasteiger charge is 2.18. The molecule has 1 fully saturated rings. The summed E-state index contributed by atoms with van der Waals surface area (Å²) in [5, 5.41) is 8.04. The number of hydrazone groups is 1. The molecule has 0 bridgehead atoms. The predicted molar refractivity (Wildman–Crippen MR) is 129 cm³/mol. The number of rotatable bonds is 7. The standard InChI is InChI=1S/C25H25ClFN5O/c26-23-4-2-1-3-19(23)17-32-13-11-18(12-14-32)15-29-31-25(33)24-10-9-22(16-28-24)30-21-7-5-20(27)6-8-21/h1-10,15-16,18,30H,11-14,17H2,(H,31,33)/b29-15+. The number of likely N-dealkylation sites (tertiary alicyclic amines) is 1. The van der Waals surface area contributed by atoms with Crippen LogP contribution in [0.4, 0.5) is 15.8 Å². The minimum atomic E-state index is -0.365. The molecule has 6 nitrogen and oxygen atoms in total. The number of aromatic nitrogens is 1. The quantitative estimate of drug-likeness (QED) is 0.369. The first-order chi connectivity index (χ1) is 16.1. The van der Waals surface area contributed by atoms with Crippen molar-refractivity contribution in [2.45, 2.75) is 19.4 Å². The molecule has 0 saturated carbocycles. The molecule has 4 rings (SSSR count). The first-order valence-electron chi connectivity index (χ1n) is 10.8. The number of nitrogens with zero attached hydrogens (tertiary/aromatic N) is 3. The third-order valence-electron chi connectivity index (χ3n) is 5.56. The van der Waals surface area contributed by atoms with Gasteiger partial charge >= 0.3 is 0 Å². The molecule has 2 heterocycles. The van der Waals surface area contributed by atoms with E-state index in [0.717, 1.165) is 48.7 Å². The smallest absolute Gasteiger partial charge is 0.289 e. The molecule has 0 radical (unpaired) electrons. The normalized spacial score (nSPS) is 15.0. The van der Waals surface area contributed by atoms with Gasteiger partial charge in [-0.15, -0.1) is 0 Å². The summed E-state index contributed by atoms with van der Waals surface area (Å²) in [5.41, 5.74) is 5.40. The second kappa shape index (κ2) is 11.0. The van der Waals surface area contributed by atoms with E-state index in [9.17, 15) is 9.18 Å². The van der Waals surface area contributed by atoms with E-state index in [1.54, 1.807) is 30.5 Å². The SMILES string of the molecule is O=C(N/N=C/C1CCN(Cc2ccccc2Cl)CC1)c1ccc(Nc2ccc(F)cc2)cn1. The van der Waals surface area contributed by atoms with E-state index in [2.05, 4.69) is 31.8 Å². The number of carbonyl (C=O) groups is 1. The molecule has 1 aliphatic rings. The molecular weight excluding hydrogens is 441 g/mol. The molecule has 2 aromatic carbocycles. The van der Waals surface area contributed by atoms with Crippen LogP contribution in [-0.4, -0.2) is 35.1 Å². The van der Waals surface area contributed by atoms with Crippen molar-refractivity contribution in [3.8, 4) is 0 Å². The summed E-state index contributed by atoms with van der Waals surface area (Å²) in [5.74, 6) is -0.340. The Morgan fingerprint density at radius 1 is 1.09 bits per heavy atom. The Kier molecular flexibility index (Phi) is 7.65. The Morgan fingerprint density at radius 3 is 2.52 bits per heavy atom. The van der Waals surface area contributed by atoms with Crippen LogP contribution >= 0.6 is 11.6 Å². The monoisotopic (exact) mass is 465 g/mol. The maximum Gasteiger partial charge on any atom is 0.289 e. The number of piperidine rings is 1.